The standard InChI is InChI=1S/C7H6IN3/c8-7-3-1-2-4-9-5-6-10-11-7/h1-5,11H. The fourth-order valence-corrected chi connectivity index (χ4v) is 0.796. The maximum absolute atomic E-state index is 3.84. The summed E-state index contributed by atoms with van der Waals surface area (Å²) in [7, 11) is 0. The van der Waals surface area contributed by atoms with Crippen LogP contribution in [-0.2, 0) is 0 Å². The van der Waals surface area contributed by atoms with Crippen molar-refractivity contribution in [1.82, 2.24) is 5.43 Å². The molecule has 0 fully saturated rings. The summed E-state index contributed by atoms with van der Waals surface area (Å²) in [5, 5.41) is 3.73. The van der Waals surface area contributed by atoms with E-state index in [1.54, 1.807) is 6.21 Å². The Balaban J connectivity index is 2.80. The molecule has 0 radical (unpaired) electrons. The molecular weight excluding hydrogens is 253 g/mol. The average Bonchev–Trinajstić information content (AvgIpc) is 2.03. The molecule has 0 aromatic heterocycles. The Morgan fingerprint density at radius 1 is 1.45 bits per heavy atom. The van der Waals surface area contributed by atoms with Crippen LogP contribution in [0.25, 0.3) is 0 Å². The van der Waals surface area contributed by atoms with Gasteiger partial charge in [-0.05, 0) is 34.7 Å². The van der Waals surface area contributed by atoms with Gasteiger partial charge < -0.3 is 0 Å². The summed E-state index contributed by atoms with van der Waals surface area (Å²) in [6.45, 7) is 0. The van der Waals surface area contributed by atoms with Gasteiger partial charge in [0.2, 0.25) is 0 Å². The molecule has 0 saturated heterocycles. The van der Waals surface area contributed by atoms with Crippen molar-refractivity contribution in [3.8, 4) is 0 Å². The molecule has 1 rings (SSSR count). The van der Waals surface area contributed by atoms with Crippen molar-refractivity contribution < 1.29 is 0 Å². The molecule has 0 spiro atoms. The van der Waals surface area contributed by atoms with Crippen LogP contribution in [0.15, 0.2) is 38.2 Å². The van der Waals surface area contributed by atoms with Gasteiger partial charge in [-0.2, -0.15) is 0 Å². The zero-order valence-corrected chi connectivity index (χ0v) is 7.82. The predicted molar refractivity (Wildman–Crippen MR) is 54.9 cm³/mol. The Labute approximate surface area is 78.4 Å². The maximum atomic E-state index is 3.84. The number of nitrogens with zero attached hydrogens (tertiary/aromatic N) is 2. The van der Waals surface area contributed by atoms with Crippen molar-refractivity contribution in [2.45, 2.75) is 0 Å². The van der Waals surface area contributed by atoms with Gasteiger partial charge in [0, 0.05) is 12.1 Å². The van der Waals surface area contributed by atoms with Gasteiger partial charge in [0.15, 0.2) is 0 Å². The van der Waals surface area contributed by atoms with Crippen molar-refractivity contribution in [1.29, 1.82) is 0 Å². The Morgan fingerprint density at radius 2 is 2.36 bits per heavy atom. The highest BCUT2D eigenvalue weighted by atomic mass is 127. The first-order chi connectivity index (χ1) is 5.39. The largest absolute Gasteiger partial charge is 0.264 e. The highest BCUT2D eigenvalue weighted by Gasteiger charge is 1.81. The fourth-order valence-electron chi connectivity index (χ4n) is 0.468. The summed E-state index contributed by atoms with van der Waals surface area (Å²) in [5.74, 6) is 2.60. The Hall–Kier alpha value is -0.870. The molecule has 0 atom stereocenters. The third-order valence-electron chi connectivity index (χ3n) is 0.885. The summed E-state index contributed by atoms with van der Waals surface area (Å²) in [6.07, 6.45) is 8.78. The molecule has 56 valence electrons. The molecule has 3 nitrogen and oxygen atoms in total. The quantitative estimate of drug-likeness (QED) is 0.520. The van der Waals surface area contributed by atoms with Gasteiger partial charge in [0.05, 0.1) is 9.90 Å². The molecule has 11 heavy (non-hydrogen) atoms. The molecule has 4 heteroatoms. The van der Waals surface area contributed by atoms with Gasteiger partial charge in [0.25, 0.3) is 0 Å². The highest BCUT2D eigenvalue weighted by Crippen LogP contribution is 2.00. The van der Waals surface area contributed by atoms with E-state index in [0.29, 0.717) is 0 Å². The third-order valence-corrected chi connectivity index (χ3v) is 1.49. The smallest absolute Gasteiger partial charge is 0.0948 e. The number of rotatable bonds is 0. The van der Waals surface area contributed by atoms with Crippen molar-refractivity contribution >= 4 is 34.7 Å². The van der Waals surface area contributed by atoms with Gasteiger partial charge >= 0.3 is 0 Å². The number of aliphatic imine (C=N–C) groups is 1. The van der Waals surface area contributed by atoms with Crippen LogP contribution in [-0.4, -0.2) is 12.1 Å². The van der Waals surface area contributed by atoms with Crippen molar-refractivity contribution in [3.63, 3.8) is 0 Å². The topological polar surface area (TPSA) is 36.8 Å². The lowest BCUT2D eigenvalue weighted by Gasteiger charge is -1.91. The molecular formula is C7H6IN3. The van der Waals surface area contributed by atoms with E-state index in [-0.39, 0.29) is 0 Å². The first-order valence-corrected chi connectivity index (χ1v) is 4.06. The molecule has 0 amide bonds. The van der Waals surface area contributed by atoms with E-state index in [4.69, 9.17) is 0 Å². The fraction of sp³-hybridized carbons (Fsp3) is 0. The third kappa shape index (κ3) is 3.75. The molecule has 1 heterocycles. The summed E-state index contributed by atoms with van der Waals surface area (Å²) in [5.41, 5.74) is 2.76. The van der Waals surface area contributed by atoms with E-state index >= 15 is 0 Å². The average molecular weight is 259 g/mol. The molecule has 1 aliphatic rings. The van der Waals surface area contributed by atoms with E-state index in [0.717, 1.165) is 3.70 Å². The van der Waals surface area contributed by atoms with Crippen LogP contribution in [0.1, 0.15) is 0 Å². The summed E-state index contributed by atoms with van der Waals surface area (Å²) in [6, 6.07) is 0. The lowest BCUT2D eigenvalue weighted by molar-refractivity contribution is 0.970. The normalized spacial score (nSPS) is 15.9. The number of allylic oxidation sites excluding steroid dienone is 3. The summed E-state index contributed by atoms with van der Waals surface area (Å²) < 4.78 is 0.940. The number of hydrogen-bond acceptors (Lipinski definition) is 3. The van der Waals surface area contributed by atoms with Gasteiger partial charge in [-0.25, -0.2) is 0 Å². The van der Waals surface area contributed by atoms with Crippen molar-refractivity contribution in [2.24, 2.45) is 10.1 Å². The first-order valence-electron chi connectivity index (χ1n) is 2.98. The maximum Gasteiger partial charge on any atom is 0.0948 e. The highest BCUT2D eigenvalue weighted by molar-refractivity contribution is 14.1. The van der Waals surface area contributed by atoms with Crippen molar-refractivity contribution in [3.05, 3.63) is 28.1 Å². The summed E-state index contributed by atoms with van der Waals surface area (Å²) >= 11 is 2.14. The van der Waals surface area contributed by atoms with Crippen LogP contribution in [0, 0.1) is 0 Å². The van der Waals surface area contributed by atoms with Gasteiger partial charge in [0.1, 0.15) is 0 Å². The lowest BCUT2D eigenvalue weighted by Crippen LogP contribution is -1.97. The summed E-state index contributed by atoms with van der Waals surface area (Å²) in [4.78, 5) is 3.84. The van der Waals surface area contributed by atoms with Crippen LogP contribution in [0.5, 0.6) is 0 Å². The molecule has 0 unspecified atom stereocenters. The molecule has 0 aromatic carbocycles. The minimum atomic E-state index is 0.940. The molecule has 0 saturated carbocycles. The molecule has 1 N–H and O–H groups in total. The lowest BCUT2D eigenvalue weighted by atomic mass is 10.5. The molecule has 0 bridgehead atoms. The van der Waals surface area contributed by atoms with Crippen LogP contribution in [0.4, 0.5) is 0 Å². The molecule has 0 aliphatic carbocycles. The SMILES string of the molecule is IC1=CC=CC=NC=C=NN1. The Kier molecular flexibility index (Phi) is 3.64. The zero-order valence-electron chi connectivity index (χ0n) is 5.66. The van der Waals surface area contributed by atoms with Crippen LogP contribution >= 0.6 is 22.6 Å². The first kappa shape index (κ1) is 8.23. The van der Waals surface area contributed by atoms with E-state index in [9.17, 15) is 0 Å². The van der Waals surface area contributed by atoms with Gasteiger partial charge in [-0.1, -0.05) is 6.08 Å². The van der Waals surface area contributed by atoms with Crippen LogP contribution in [0.2, 0.25) is 0 Å². The Morgan fingerprint density at radius 3 is 3.27 bits per heavy atom. The minimum absolute atomic E-state index is 0.940. The predicted octanol–water partition coefficient (Wildman–Crippen LogP) is 1.59. The number of hydrogen-bond donors (Lipinski definition) is 1. The van der Waals surface area contributed by atoms with Crippen molar-refractivity contribution in [2.75, 3.05) is 0 Å². The minimum Gasteiger partial charge on any atom is -0.264 e. The van der Waals surface area contributed by atoms with Gasteiger partial charge in [-0.3, -0.25) is 10.4 Å². The number of hydrazone groups is 1. The van der Waals surface area contributed by atoms with E-state index in [2.05, 4.69) is 44.0 Å². The second-order valence-corrected chi connectivity index (χ2v) is 2.84. The molecule has 1 aliphatic heterocycles. The van der Waals surface area contributed by atoms with E-state index in [1.807, 2.05) is 18.2 Å². The van der Waals surface area contributed by atoms with Crippen LogP contribution < -0.4 is 5.43 Å². The second kappa shape index (κ2) is 4.87. The van der Waals surface area contributed by atoms with Crippen LogP contribution in [0.3, 0.4) is 0 Å². The number of nitrogens with one attached hydrogen (secondary N) is 1. The zero-order chi connectivity index (χ0) is 7.94. The van der Waals surface area contributed by atoms with E-state index < -0.39 is 0 Å². The monoisotopic (exact) mass is 259 g/mol. The van der Waals surface area contributed by atoms with E-state index in [1.165, 1.54) is 6.20 Å². The Bertz CT molecular complexity index is 269. The number of halogens is 1. The molecule has 0 aromatic rings. The van der Waals surface area contributed by atoms with Gasteiger partial charge in [-0.15, -0.1) is 5.10 Å². The second-order valence-electron chi connectivity index (χ2n) is 1.68.